The summed E-state index contributed by atoms with van der Waals surface area (Å²) < 4.78 is 12.4. The molecule has 0 N–H and O–H groups in total. The zero-order chi connectivity index (χ0) is 23.7. The van der Waals surface area contributed by atoms with E-state index in [2.05, 4.69) is 36.8 Å². The van der Waals surface area contributed by atoms with Crippen LogP contribution in [0.3, 0.4) is 0 Å². The number of fused-ring (bicyclic) bond motifs is 2. The van der Waals surface area contributed by atoms with Gasteiger partial charge < -0.3 is 9.47 Å². The van der Waals surface area contributed by atoms with Gasteiger partial charge in [-0.15, -0.1) is 0 Å². The lowest BCUT2D eigenvalue weighted by molar-refractivity contribution is 0.0721. The maximum absolute atomic E-state index is 12.8. The Morgan fingerprint density at radius 2 is 1.00 bits per heavy atom. The van der Waals surface area contributed by atoms with E-state index in [1.165, 1.54) is 12.1 Å². The van der Waals surface area contributed by atoms with Gasteiger partial charge in [-0.05, 0) is 77.7 Å². The van der Waals surface area contributed by atoms with E-state index in [0.29, 0.717) is 20.4 Å². The molecule has 0 aliphatic rings. The number of carbonyl (C=O) groups excluding carboxylic acids is 2. The highest BCUT2D eigenvalue weighted by atomic mass is 79.9. The summed E-state index contributed by atoms with van der Waals surface area (Å²) in [6.45, 7) is 0. The van der Waals surface area contributed by atoms with Gasteiger partial charge in [0, 0.05) is 0 Å². The van der Waals surface area contributed by atoms with Crippen LogP contribution in [0.15, 0.2) is 99.9 Å². The van der Waals surface area contributed by atoms with Gasteiger partial charge in [0.1, 0.15) is 22.9 Å². The largest absolute Gasteiger partial charge is 0.421 e. The predicted octanol–water partition coefficient (Wildman–Crippen LogP) is 7.35. The Morgan fingerprint density at radius 1 is 0.559 bits per heavy atom. The van der Waals surface area contributed by atoms with Crippen molar-refractivity contribution in [2.75, 3.05) is 0 Å². The molecule has 0 spiro atoms. The van der Waals surface area contributed by atoms with Crippen LogP contribution in [0.4, 0.5) is 0 Å². The van der Waals surface area contributed by atoms with Crippen LogP contribution in [-0.4, -0.2) is 16.9 Å². The molecule has 0 saturated heterocycles. The van der Waals surface area contributed by atoms with Crippen molar-refractivity contribution in [3.8, 4) is 11.5 Å². The highest BCUT2D eigenvalue weighted by molar-refractivity contribution is 9.11. The van der Waals surface area contributed by atoms with E-state index in [1.807, 2.05) is 60.7 Å². The zero-order valence-electron chi connectivity index (χ0n) is 17.5. The quantitative estimate of drug-likeness (QED) is 0.165. The molecular formula is C27H15Br2NO4. The number of benzene rings is 4. The third-order valence-electron chi connectivity index (χ3n) is 5.23. The van der Waals surface area contributed by atoms with Gasteiger partial charge in [0.2, 0.25) is 0 Å². The number of aromatic nitrogens is 1. The summed E-state index contributed by atoms with van der Waals surface area (Å²) in [5.41, 5.74) is -0.0147. The van der Waals surface area contributed by atoms with Crippen LogP contribution < -0.4 is 9.47 Å². The molecule has 5 nitrogen and oxygen atoms in total. The Kier molecular flexibility index (Phi) is 6.13. The van der Waals surface area contributed by atoms with Crippen molar-refractivity contribution in [2.45, 2.75) is 0 Å². The number of halogens is 2. The molecule has 166 valence electrons. The predicted molar refractivity (Wildman–Crippen MR) is 137 cm³/mol. The summed E-state index contributed by atoms with van der Waals surface area (Å²) in [5, 5.41) is 3.85. The Hall–Kier alpha value is -3.55. The standard InChI is InChI=1S/C27H15Br2NO4/c28-24-18-8-3-1-6-16(18)12-14-22(24)33-26(31)20-10-5-11-21(30-20)27(32)34-23-15-13-17-7-2-4-9-19(17)25(23)29/h1-15H. The van der Waals surface area contributed by atoms with Gasteiger partial charge in [-0.2, -0.15) is 0 Å². The topological polar surface area (TPSA) is 65.5 Å². The van der Waals surface area contributed by atoms with Gasteiger partial charge in [0.25, 0.3) is 0 Å². The third kappa shape index (κ3) is 4.32. The second-order valence-electron chi connectivity index (χ2n) is 7.38. The molecule has 0 aliphatic heterocycles. The van der Waals surface area contributed by atoms with Crippen LogP contribution in [0.1, 0.15) is 21.0 Å². The number of hydrogen-bond acceptors (Lipinski definition) is 5. The highest BCUT2D eigenvalue weighted by Crippen LogP contribution is 2.34. The lowest BCUT2D eigenvalue weighted by Gasteiger charge is -2.10. The van der Waals surface area contributed by atoms with Crippen molar-refractivity contribution in [3.63, 3.8) is 0 Å². The van der Waals surface area contributed by atoms with Crippen LogP contribution in [0.5, 0.6) is 11.5 Å². The Labute approximate surface area is 211 Å². The second-order valence-corrected chi connectivity index (χ2v) is 8.97. The molecule has 0 amide bonds. The fourth-order valence-electron chi connectivity index (χ4n) is 3.55. The average molecular weight is 577 g/mol. The summed E-state index contributed by atoms with van der Waals surface area (Å²) in [4.78, 5) is 29.7. The summed E-state index contributed by atoms with van der Waals surface area (Å²) in [6, 6.07) is 27.2. The molecule has 34 heavy (non-hydrogen) atoms. The maximum Gasteiger partial charge on any atom is 0.362 e. The minimum atomic E-state index is -0.683. The van der Waals surface area contributed by atoms with Crippen molar-refractivity contribution in [1.29, 1.82) is 0 Å². The fourth-order valence-corrected chi connectivity index (χ4v) is 4.70. The summed E-state index contributed by atoms with van der Waals surface area (Å²) >= 11 is 7.01. The Balaban J connectivity index is 1.37. The van der Waals surface area contributed by atoms with E-state index in [1.54, 1.807) is 18.2 Å². The minimum Gasteiger partial charge on any atom is -0.421 e. The monoisotopic (exact) mass is 575 g/mol. The van der Waals surface area contributed by atoms with Crippen molar-refractivity contribution < 1.29 is 19.1 Å². The Morgan fingerprint density at radius 3 is 1.47 bits per heavy atom. The first kappa shape index (κ1) is 22.3. The molecule has 0 aliphatic carbocycles. The van der Waals surface area contributed by atoms with E-state index in [9.17, 15) is 9.59 Å². The van der Waals surface area contributed by atoms with E-state index in [-0.39, 0.29) is 11.4 Å². The fraction of sp³-hybridized carbons (Fsp3) is 0. The first-order valence-electron chi connectivity index (χ1n) is 10.3. The molecule has 4 aromatic carbocycles. The number of hydrogen-bond donors (Lipinski definition) is 0. The number of ether oxygens (including phenoxy) is 2. The lowest BCUT2D eigenvalue weighted by atomic mass is 10.1. The van der Waals surface area contributed by atoms with Crippen molar-refractivity contribution >= 4 is 65.3 Å². The average Bonchev–Trinajstić information content (AvgIpc) is 2.87. The molecule has 5 rings (SSSR count). The Bertz CT molecular complexity index is 1470. The van der Waals surface area contributed by atoms with Crippen LogP contribution in [-0.2, 0) is 0 Å². The van der Waals surface area contributed by atoms with Crippen molar-refractivity contribution in [2.24, 2.45) is 0 Å². The molecule has 1 aromatic heterocycles. The molecule has 0 saturated carbocycles. The molecule has 0 unspecified atom stereocenters. The molecule has 7 heteroatoms. The second kappa shape index (κ2) is 9.37. The van der Waals surface area contributed by atoms with E-state index in [4.69, 9.17) is 9.47 Å². The summed E-state index contributed by atoms with van der Waals surface area (Å²) in [5.74, 6) is -0.646. The van der Waals surface area contributed by atoms with Crippen molar-refractivity contribution in [1.82, 2.24) is 4.98 Å². The number of esters is 2. The molecular weight excluding hydrogens is 562 g/mol. The van der Waals surface area contributed by atoms with Gasteiger partial charge >= 0.3 is 11.9 Å². The maximum atomic E-state index is 12.8. The molecule has 0 fully saturated rings. The summed E-state index contributed by atoms with van der Waals surface area (Å²) in [7, 11) is 0. The zero-order valence-corrected chi connectivity index (χ0v) is 20.7. The smallest absolute Gasteiger partial charge is 0.362 e. The molecule has 0 bridgehead atoms. The van der Waals surface area contributed by atoms with Crippen LogP contribution in [0.25, 0.3) is 21.5 Å². The number of rotatable bonds is 4. The first-order chi connectivity index (χ1) is 16.5. The first-order valence-corrected chi connectivity index (χ1v) is 11.9. The van der Waals surface area contributed by atoms with Crippen LogP contribution in [0.2, 0.25) is 0 Å². The summed E-state index contributed by atoms with van der Waals surface area (Å²) in [6.07, 6.45) is 0. The molecule has 0 atom stereocenters. The highest BCUT2D eigenvalue weighted by Gasteiger charge is 2.18. The van der Waals surface area contributed by atoms with Crippen molar-refractivity contribution in [3.05, 3.63) is 111 Å². The normalized spacial score (nSPS) is 10.9. The van der Waals surface area contributed by atoms with Gasteiger partial charge in [0.05, 0.1) is 8.95 Å². The van der Waals surface area contributed by atoms with Gasteiger partial charge in [-0.3, -0.25) is 0 Å². The SMILES string of the molecule is O=C(Oc1ccc2ccccc2c1Br)c1cccc(C(=O)Oc2ccc3ccccc3c2Br)n1. The number of nitrogens with zero attached hydrogens (tertiary/aromatic N) is 1. The van der Waals surface area contributed by atoms with Gasteiger partial charge in [0.15, 0.2) is 0 Å². The number of pyridine rings is 1. The van der Waals surface area contributed by atoms with E-state index >= 15 is 0 Å². The minimum absolute atomic E-state index is 0.00733. The van der Waals surface area contributed by atoms with E-state index in [0.717, 1.165) is 21.5 Å². The number of carbonyl (C=O) groups is 2. The van der Waals surface area contributed by atoms with Crippen LogP contribution >= 0.6 is 31.9 Å². The van der Waals surface area contributed by atoms with E-state index < -0.39 is 11.9 Å². The van der Waals surface area contributed by atoms with Crippen LogP contribution in [0, 0.1) is 0 Å². The third-order valence-corrected chi connectivity index (χ3v) is 6.86. The van der Waals surface area contributed by atoms with Gasteiger partial charge in [-0.1, -0.05) is 66.7 Å². The molecule has 5 aromatic rings. The van der Waals surface area contributed by atoms with Gasteiger partial charge in [-0.25, -0.2) is 14.6 Å². The molecule has 0 radical (unpaired) electrons. The lowest BCUT2D eigenvalue weighted by Crippen LogP contribution is -2.16. The molecule has 1 heterocycles.